The second-order valence-corrected chi connectivity index (χ2v) is 10.3. The summed E-state index contributed by atoms with van der Waals surface area (Å²) in [5, 5.41) is 5.67. The van der Waals surface area contributed by atoms with Gasteiger partial charge in [-0.3, -0.25) is 19.3 Å². The van der Waals surface area contributed by atoms with Crippen LogP contribution in [0, 0.1) is 29.6 Å². The third-order valence-corrected chi connectivity index (χ3v) is 7.66. The molecule has 0 spiro atoms. The van der Waals surface area contributed by atoms with Gasteiger partial charge in [-0.2, -0.15) is 0 Å². The predicted octanol–water partition coefficient (Wildman–Crippen LogP) is 2.64. The van der Waals surface area contributed by atoms with Gasteiger partial charge >= 0.3 is 6.09 Å². The van der Waals surface area contributed by atoms with Crippen molar-refractivity contribution in [3.63, 3.8) is 0 Å². The van der Waals surface area contributed by atoms with Gasteiger partial charge in [0.25, 0.3) is 0 Å². The quantitative estimate of drug-likeness (QED) is 0.240. The molecule has 39 heavy (non-hydrogen) atoms. The van der Waals surface area contributed by atoms with Crippen LogP contribution in [0.2, 0.25) is 0 Å². The molecule has 1 unspecified atom stereocenters. The Morgan fingerprint density at radius 2 is 1.79 bits per heavy atom. The number of unbranched alkanes of at least 4 members (excludes halogenated alkanes) is 1. The summed E-state index contributed by atoms with van der Waals surface area (Å²) < 4.78 is 11.2. The van der Waals surface area contributed by atoms with E-state index in [4.69, 9.17) is 9.15 Å². The molecule has 10 nitrogen and oxygen atoms in total. The van der Waals surface area contributed by atoms with E-state index < -0.39 is 0 Å². The number of fused-ring (bicyclic) bond motifs is 1. The Morgan fingerprint density at radius 3 is 2.49 bits per heavy atom. The van der Waals surface area contributed by atoms with Gasteiger partial charge in [0, 0.05) is 57.9 Å². The zero-order valence-electron chi connectivity index (χ0n) is 22.4. The van der Waals surface area contributed by atoms with Gasteiger partial charge in [0.1, 0.15) is 12.3 Å². The number of hydrogen-bond donors (Lipinski definition) is 2. The molecule has 3 atom stereocenters. The first kappa shape index (κ1) is 28.3. The fourth-order valence-electron chi connectivity index (χ4n) is 5.37. The van der Waals surface area contributed by atoms with E-state index in [1.165, 1.54) is 15.9 Å². The van der Waals surface area contributed by atoms with E-state index in [-0.39, 0.29) is 36.8 Å². The molecule has 10 heteroatoms. The van der Waals surface area contributed by atoms with Crippen LogP contribution in [-0.2, 0) is 25.5 Å². The molecule has 2 fully saturated rings. The van der Waals surface area contributed by atoms with Crippen LogP contribution in [-0.4, -0.2) is 68.0 Å². The highest BCUT2D eigenvalue weighted by molar-refractivity contribution is 5.98. The van der Waals surface area contributed by atoms with Crippen molar-refractivity contribution in [1.82, 2.24) is 15.5 Å². The van der Waals surface area contributed by atoms with Crippen molar-refractivity contribution < 1.29 is 28.3 Å². The van der Waals surface area contributed by atoms with Gasteiger partial charge in [-0.15, -0.1) is 11.8 Å². The van der Waals surface area contributed by atoms with Crippen molar-refractivity contribution >= 4 is 29.7 Å². The van der Waals surface area contributed by atoms with Crippen molar-refractivity contribution in [2.45, 2.75) is 51.4 Å². The van der Waals surface area contributed by atoms with Crippen molar-refractivity contribution in [3.8, 4) is 11.8 Å². The molecule has 4 rings (SSSR count). The molecule has 0 aromatic carbocycles. The Bertz CT molecular complexity index is 1100. The second kappa shape index (κ2) is 13.9. The number of furan rings is 1. The first-order valence-corrected chi connectivity index (χ1v) is 13.9. The number of aryl methyl sites for hydroxylation is 1. The Morgan fingerprint density at radius 1 is 1.08 bits per heavy atom. The van der Waals surface area contributed by atoms with Gasteiger partial charge in [0.15, 0.2) is 0 Å². The minimum absolute atomic E-state index is 0.0164. The van der Waals surface area contributed by atoms with Gasteiger partial charge < -0.3 is 24.7 Å². The fourth-order valence-corrected chi connectivity index (χ4v) is 5.37. The fraction of sp³-hybridized carbons (Fsp3) is 0.586. The summed E-state index contributed by atoms with van der Waals surface area (Å²) in [6, 6.07) is 3.47. The molecule has 0 bridgehead atoms. The van der Waals surface area contributed by atoms with Crippen molar-refractivity contribution in [1.29, 1.82) is 0 Å². The number of ether oxygens (including phenoxy) is 1. The molecule has 1 aliphatic heterocycles. The molecule has 1 saturated carbocycles. The number of nitrogens with zero attached hydrogens (tertiary/aromatic N) is 2. The summed E-state index contributed by atoms with van der Waals surface area (Å²) in [6.45, 7) is 5.69. The lowest BCUT2D eigenvalue weighted by atomic mass is 10.1. The third kappa shape index (κ3) is 8.12. The molecule has 1 aromatic heterocycles. The summed E-state index contributed by atoms with van der Waals surface area (Å²) >= 11 is 0. The molecule has 2 aliphatic carbocycles. The average Bonchev–Trinajstić information content (AvgIpc) is 3.32. The van der Waals surface area contributed by atoms with E-state index in [0.717, 1.165) is 38.5 Å². The number of piperazine rings is 1. The topological polar surface area (TPSA) is 121 Å². The summed E-state index contributed by atoms with van der Waals surface area (Å²) in [5.74, 6) is 8.64. The monoisotopic (exact) mass is 538 g/mol. The van der Waals surface area contributed by atoms with Gasteiger partial charge in [-0.25, -0.2) is 4.79 Å². The molecule has 1 aromatic rings. The lowest BCUT2D eigenvalue weighted by molar-refractivity contribution is -0.133. The Kier molecular flexibility index (Phi) is 10.1. The third-order valence-electron chi connectivity index (χ3n) is 7.66. The summed E-state index contributed by atoms with van der Waals surface area (Å²) in [6.07, 6.45) is 7.11. The van der Waals surface area contributed by atoms with Crippen LogP contribution in [0.25, 0.3) is 0 Å². The molecule has 2 N–H and O–H groups in total. The molecule has 2 heterocycles. The number of anilines is 1. The van der Waals surface area contributed by atoms with E-state index >= 15 is 0 Å². The van der Waals surface area contributed by atoms with Crippen LogP contribution < -0.4 is 15.5 Å². The van der Waals surface area contributed by atoms with Crippen LogP contribution in [0.4, 0.5) is 10.7 Å². The van der Waals surface area contributed by atoms with Crippen LogP contribution in [0.15, 0.2) is 29.2 Å². The normalized spacial score (nSPS) is 21.9. The molecule has 4 amide bonds. The average molecular weight is 539 g/mol. The summed E-state index contributed by atoms with van der Waals surface area (Å²) in [4.78, 5) is 51.2. The van der Waals surface area contributed by atoms with E-state index in [2.05, 4.69) is 29.1 Å². The first-order chi connectivity index (χ1) is 19.0. The maximum atomic E-state index is 12.4. The largest absolute Gasteiger partial charge is 0.449 e. The maximum absolute atomic E-state index is 12.4. The van der Waals surface area contributed by atoms with Gasteiger partial charge in [-0.1, -0.05) is 6.58 Å². The molecular weight excluding hydrogens is 500 g/mol. The Labute approximate surface area is 229 Å². The molecule has 0 radical (unpaired) electrons. The van der Waals surface area contributed by atoms with Gasteiger partial charge in [-0.05, 0) is 55.6 Å². The number of alkyl carbamates (subject to hydrolysis) is 1. The number of amides is 4. The van der Waals surface area contributed by atoms with E-state index in [9.17, 15) is 19.2 Å². The first-order valence-electron chi connectivity index (χ1n) is 13.9. The second-order valence-electron chi connectivity index (χ2n) is 10.3. The van der Waals surface area contributed by atoms with Crippen LogP contribution >= 0.6 is 0 Å². The van der Waals surface area contributed by atoms with Crippen LogP contribution in [0.3, 0.4) is 0 Å². The SMILES string of the molecule is C=CC(=O)N1CCN(c2ccc(CCC(=O)NCCCCNC(=O)OCC3[C@H]4CCC#CCC[C@@H]34)o2)C(=O)C1. The van der Waals surface area contributed by atoms with Crippen molar-refractivity contribution in [3.05, 3.63) is 30.5 Å². The highest BCUT2D eigenvalue weighted by Gasteiger charge is 2.49. The lowest BCUT2D eigenvalue weighted by Crippen LogP contribution is -2.52. The van der Waals surface area contributed by atoms with Crippen LogP contribution in [0.1, 0.15) is 50.7 Å². The zero-order chi connectivity index (χ0) is 27.6. The number of carbonyl (C=O) groups excluding carboxylic acids is 4. The Hall–Kier alpha value is -3.74. The van der Waals surface area contributed by atoms with E-state index in [1.54, 1.807) is 12.1 Å². The highest BCUT2D eigenvalue weighted by atomic mass is 16.5. The number of hydrogen-bond acceptors (Lipinski definition) is 6. The predicted molar refractivity (Wildman–Crippen MR) is 144 cm³/mol. The van der Waals surface area contributed by atoms with E-state index in [0.29, 0.717) is 68.6 Å². The van der Waals surface area contributed by atoms with Crippen LogP contribution in [0.5, 0.6) is 0 Å². The molecule has 3 aliphatic rings. The van der Waals surface area contributed by atoms with Crippen molar-refractivity contribution in [2.24, 2.45) is 17.8 Å². The zero-order valence-corrected chi connectivity index (χ0v) is 22.4. The highest BCUT2D eigenvalue weighted by Crippen LogP contribution is 2.52. The van der Waals surface area contributed by atoms with Gasteiger partial charge in [0.05, 0.1) is 6.61 Å². The minimum atomic E-state index is -0.374. The number of nitrogens with one attached hydrogen (secondary N) is 2. The molecule has 210 valence electrons. The molecular formula is C29H38N4O6. The minimum Gasteiger partial charge on any atom is -0.449 e. The maximum Gasteiger partial charge on any atom is 0.407 e. The summed E-state index contributed by atoms with van der Waals surface area (Å²) in [7, 11) is 0. The molecule has 1 saturated heterocycles. The van der Waals surface area contributed by atoms with Gasteiger partial charge in [0.2, 0.25) is 23.6 Å². The number of carbonyl (C=O) groups is 4. The standard InChI is InChI=1S/C29H38N4O6/c1-2-26(35)32-17-18-33(27(36)19-32)28-14-12-21(39-28)11-13-25(34)30-15-7-8-16-31-29(37)38-20-24-22-9-5-3-4-6-10-23(22)24/h2,12,14,22-24H,1,5-11,13,15-20H2,(H,30,34)(H,31,37)/t22-,23+,24?. The smallest absolute Gasteiger partial charge is 0.407 e. The Balaban J connectivity index is 1.02. The van der Waals surface area contributed by atoms with E-state index in [1.807, 2.05) is 0 Å². The summed E-state index contributed by atoms with van der Waals surface area (Å²) in [5.41, 5.74) is 0. The number of rotatable bonds is 12. The van der Waals surface area contributed by atoms with Crippen molar-refractivity contribution in [2.75, 3.05) is 44.2 Å². The lowest BCUT2D eigenvalue weighted by Gasteiger charge is -2.32.